The second-order valence-electron chi connectivity index (χ2n) is 3.17. The molecule has 1 saturated heterocycles. The van der Waals surface area contributed by atoms with Crippen molar-refractivity contribution < 1.29 is 13.2 Å². The molecule has 0 aromatic carbocycles. The smallest absolute Gasteiger partial charge is 0.225 e. The van der Waals surface area contributed by atoms with E-state index in [2.05, 4.69) is 10.6 Å². The molecule has 0 aromatic heterocycles. The van der Waals surface area contributed by atoms with Gasteiger partial charge >= 0.3 is 0 Å². The summed E-state index contributed by atoms with van der Waals surface area (Å²) in [6.45, 7) is 1.25. The fourth-order valence-electron chi connectivity index (χ4n) is 1.17. The highest BCUT2D eigenvalue weighted by atomic mass is 32.2. The van der Waals surface area contributed by atoms with Crippen molar-refractivity contribution in [2.45, 2.75) is 0 Å². The molecule has 1 amide bonds. The molecule has 0 radical (unpaired) electrons. The molecule has 1 rings (SSSR count). The quantitative estimate of drug-likeness (QED) is 0.541. The molecule has 76 valence electrons. The highest BCUT2D eigenvalue weighted by molar-refractivity contribution is 7.92. The zero-order valence-corrected chi connectivity index (χ0v) is 8.36. The van der Waals surface area contributed by atoms with Crippen molar-refractivity contribution >= 4 is 15.7 Å². The minimum Gasteiger partial charge on any atom is -0.355 e. The fourth-order valence-corrected chi connectivity index (χ4v) is 2.60. The molecule has 0 bridgehead atoms. The number of likely N-dealkylation sites (N-methyl/N-ethyl adjacent to an activating group) is 1. The van der Waals surface area contributed by atoms with Gasteiger partial charge in [0.25, 0.3) is 0 Å². The van der Waals surface area contributed by atoms with Crippen LogP contribution < -0.4 is 10.6 Å². The van der Waals surface area contributed by atoms with Crippen LogP contribution in [0.3, 0.4) is 0 Å². The van der Waals surface area contributed by atoms with Crippen LogP contribution in [-0.4, -0.2) is 46.0 Å². The second-order valence-corrected chi connectivity index (χ2v) is 5.32. The van der Waals surface area contributed by atoms with Gasteiger partial charge < -0.3 is 10.6 Å². The standard InChI is InChI=1S/C7H14N2O3S/c1-8-2-3-9-7(10)6-4-13(11,12)5-6/h6,8H,2-5H2,1H3,(H,9,10). The fraction of sp³-hybridized carbons (Fsp3) is 0.857. The van der Waals surface area contributed by atoms with Crippen molar-refractivity contribution in [3.05, 3.63) is 0 Å². The van der Waals surface area contributed by atoms with Gasteiger partial charge in [0.15, 0.2) is 9.84 Å². The van der Waals surface area contributed by atoms with E-state index >= 15 is 0 Å². The Morgan fingerprint density at radius 2 is 2.00 bits per heavy atom. The third-order valence-electron chi connectivity index (χ3n) is 1.96. The molecule has 13 heavy (non-hydrogen) atoms. The minimum absolute atomic E-state index is 0.0123. The topological polar surface area (TPSA) is 75.3 Å². The first-order valence-electron chi connectivity index (χ1n) is 4.18. The normalized spacial score (nSPS) is 20.7. The van der Waals surface area contributed by atoms with E-state index in [1.54, 1.807) is 7.05 Å². The molecule has 5 nitrogen and oxygen atoms in total. The Bertz CT molecular complexity index is 274. The zero-order chi connectivity index (χ0) is 9.90. The van der Waals surface area contributed by atoms with E-state index in [4.69, 9.17) is 0 Å². The summed E-state index contributed by atoms with van der Waals surface area (Å²) in [5.41, 5.74) is 0. The first-order chi connectivity index (χ1) is 6.05. The Morgan fingerprint density at radius 1 is 1.38 bits per heavy atom. The van der Waals surface area contributed by atoms with Crippen LogP contribution in [0.1, 0.15) is 0 Å². The number of sulfone groups is 1. The molecule has 6 heteroatoms. The Labute approximate surface area is 77.8 Å². The number of carbonyl (C=O) groups is 1. The van der Waals surface area contributed by atoms with Gasteiger partial charge in [-0.25, -0.2) is 8.42 Å². The van der Waals surface area contributed by atoms with Crippen molar-refractivity contribution in [2.24, 2.45) is 5.92 Å². The third-order valence-corrected chi connectivity index (χ3v) is 3.78. The molecular formula is C7H14N2O3S. The molecule has 0 unspecified atom stereocenters. The summed E-state index contributed by atoms with van der Waals surface area (Å²) in [5.74, 6) is -0.441. The molecule has 0 aromatic rings. The monoisotopic (exact) mass is 206 g/mol. The average Bonchev–Trinajstić information content (AvgIpc) is 2.00. The predicted molar refractivity (Wildman–Crippen MR) is 49.1 cm³/mol. The van der Waals surface area contributed by atoms with Gasteiger partial charge in [0.05, 0.1) is 17.4 Å². The average molecular weight is 206 g/mol. The van der Waals surface area contributed by atoms with Crippen LogP contribution in [0.25, 0.3) is 0 Å². The van der Waals surface area contributed by atoms with Gasteiger partial charge in [-0.1, -0.05) is 0 Å². The van der Waals surface area contributed by atoms with Gasteiger partial charge in [-0.15, -0.1) is 0 Å². The van der Waals surface area contributed by atoms with Crippen LogP contribution in [0.2, 0.25) is 0 Å². The molecule has 0 atom stereocenters. The molecule has 1 fully saturated rings. The maximum absolute atomic E-state index is 11.2. The molecule has 0 aliphatic carbocycles. The van der Waals surface area contributed by atoms with Gasteiger partial charge in [-0.2, -0.15) is 0 Å². The van der Waals surface area contributed by atoms with Crippen LogP contribution in [-0.2, 0) is 14.6 Å². The predicted octanol–water partition coefficient (Wildman–Crippen LogP) is -1.63. The molecule has 0 spiro atoms. The summed E-state index contributed by atoms with van der Waals surface area (Å²) in [6.07, 6.45) is 0. The van der Waals surface area contributed by atoms with Crippen LogP contribution in [0.15, 0.2) is 0 Å². The summed E-state index contributed by atoms with van der Waals surface area (Å²) in [7, 11) is -1.09. The lowest BCUT2D eigenvalue weighted by Crippen LogP contribution is -2.47. The summed E-state index contributed by atoms with van der Waals surface area (Å²) in [5, 5.41) is 5.54. The second kappa shape index (κ2) is 4.06. The van der Waals surface area contributed by atoms with Crippen molar-refractivity contribution in [3.8, 4) is 0 Å². The summed E-state index contributed by atoms with van der Waals surface area (Å²) in [4.78, 5) is 11.2. The Kier molecular flexibility index (Phi) is 3.27. The van der Waals surface area contributed by atoms with Crippen LogP contribution in [0.5, 0.6) is 0 Å². The molecule has 2 N–H and O–H groups in total. The number of hydrogen-bond acceptors (Lipinski definition) is 4. The number of amides is 1. The van der Waals surface area contributed by atoms with E-state index in [9.17, 15) is 13.2 Å². The molecule has 1 heterocycles. The third kappa shape index (κ3) is 2.96. The molecule has 1 aliphatic heterocycles. The van der Waals surface area contributed by atoms with E-state index in [1.165, 1.54) is 0 Å². The lowest BCUT2D eigenvalue weighted by atomic mass is 10.2. The Hall–Kier alpha value is -0.620. The summed E-state index contributed by atoms with van der Waals surface area (Å²) < 4.78 is 21.5. The largest absolute Gasteiger partial charge is 0.355 e. The van der Waals surface area contributed by atoms with E-state index in [-0.39, 0.29) is 23.3 Å². The lowest BCUT2D eigenvalue weighted by Gasteiger charge is -2.24. The lowest BCUT2D eigenvalue weighted by molar-refractivity contribution is -0.124. The Morgan fingerprint density at radius 3 is 2.46 bits per heavy atom. The highest BCUT2D eigenvalue weighted by Crippen LogP contribution is 2.17. The van der Waals surface area contributed by atoms with E-state index < -0.39 is 9.84 Å². The summed E-state index contributed by atoms with van der Waals surface area (Å²) in [6, 6.07) is 0. The zero-order valence-electron chi connectivity index (χ0n) is 7.54. The molecular weight excluding hydrogens is 192 g/mol. The van der Waals surface area contributed by atoms with Crippen molar-refractivity contribution in [1.82, 2.24) is 10.6 Å². The highest BCUT2D eigenvalue weighted by Gasteiger charge is 2.38. The van der Waals surface area contributed by atoms with Crippen molar-refractivity contribution in [1.29, 1.82) is 0 Å². The molecule has 0 saturated carbocycles. The van der Waals surface area contributed by atoms with Gasteiger partial charge in [-0.05, 0) is 7.05 Å². The van der Waals surface area contributed by atoms with Crippen molar-refractivity contribution in [2.75, 3.05) is 31.6 Å². The van der Waals surface area contributed by atoms with E-state index in [0.717, 1.165) is 0 Å². The number of nitrogens with one attached hydrogen (secondary N) is 2. The number of carbonyl (C=O) groups excluding carboxylic acids is 1. The number of rotatable bonds is 4. The van der Waals surface area contributed by atoms with Crippen LogP contribution >= 0.6 is 0 Å². The van der Waals surface area contributed by atoms with Gasteiger partial charge in [-0.3, -0.25) is 4.79 Å². The maximum atomic E-state index is 11.2. The minimum atomic E-state index is -2.88. The van der Waals surface area contributed by atoms with Crippen LogP contribution in [0, 0.1) is 5.92 Å². The SMILES string of the molecule is CNCCNC(=O)C1CS(=O)(=O)C1. The molecule has 1 aliphatic rings. The first kappa shape index (κ1) is 10.5. The van der Waals surface area contributed by atoms with Crippen molar-refractivity contribution in [3.63, 3.8) is 0 Å². The summed E-state index contributed by atoms with van der Waals surface area (Å²) >= 11 is 0. The van der Waals surface area contributed by atoms with Crippen LogP contribution in [0.4, 0.5) is 0 Å². The number of hydrogen-bond donors (Lipinski definition) is 2. The van der Waals surface area contributed by atoms with E-state index in [1.807, 2.05) is 0 Å². The Balaban J connectivity index is 2.20. The first-order valence-corrected chi connectivity index (χ1v) is 6.00. The maximum Gasteiger partial charge on any atom is 0.225 e. The van der Waals surface area contributed by atoms with Gasteiger partial charge in [0.2, 0.25) is 5.91 Å². The van der Waals surface area contributed by atoms with Gasteiger partial charge in [0, 0.05) is 13.1 Å². The van der Waals surface area contributed by atoms with E-state index in [0.29, 0.717) is 13.1 Å². The van der Waals surface area contributed by atoms with Gasteiger partial charge in [0.1, 0.15) is 0 Å².